The van der Waals surface area contributed by atoms with Crippen LogP contribution in [0.25, 0.3) is 0 Å². The highest BCUT2D eigenvalue weighted by Gasteiger charge is 2.57. The number of nitrogens with zero attached hydrogens (tertiary/aromatic N) is 6. The molecule has 1 fully saturated rings. The SMILES string of the molecule is CCOC(Cn1nc(S/C=C/C2=C(C(=O)OC(c3ccccc3)c3ccccc3)N3C(=O)C(NC(=O)/C(=N/OC)c4csc(NC(c5ccccc5)(c5ccccc5)c5ccccc5)n4)C3S(=O)C2)n(C)c(=O)c1=O)OCC. The van der Waals surface area contributed by atoms with E-state index < -0.39 is 69.1 Å². The topological polar surface area (TPSA) is 215 Å². The maximum Gasteiger partial charge on any atom is 0.356 e. The number of hydrogen-bond acceptors (Lipinski definition) is 16. The van der Waals surface area contributed by atoms with Crippen LogP contribution in [0.1, 0.15) is 53.5 Å². The molecule has 78 heavy (non-hydrogen) atoms. The van der Waals surface area contributed by atoms with Gasteiger partial charge in [-0.05, 0) is 58.7 Å². The lowest BCUT2D eigenvalue weighted by Crippen LogP contribution is -2.74. The molecule has 2 aliphatic rings. The second-order valence-corrected chi connectivity index (χ2v) is 20.8. The third-order valence-corrected chi connectivity index (χ3v) is 16.0. The van der Waals surface area contributed by atoms with Crippen LogP contribution >= 0.6 is 23.1 Å². The lowest BCUT2D eigenvalue weighted by atomic mass is 9.77. The van der Waals surface area contributed by atoms with Crippen LogP contribution in [0.3, 0.4) is 0 Å². The normalized spacial score (nSPS) is 16.5. The third-order valence-electron chi connectivity index (χ3n) is 12.8. The van der Waals surface area contributed by atoms with Crippen molar-refractivity contribution in [2.45, 2.75) is 54.9 Å². The molecule has 1 saturated heterocycles. The second-order valence-electron chi connectivity index (χ2n) is 17.6. The molecule has 2 N–H and O–H groups in total. The summed E-state index contributed by atoms with van der Waals surface area (Å²) < 4.78 is 34.0. The lowest BCUT2D eigenvalue weighted by Gasteiger charge is -2.49. The molecule has 18 nitrogen and oxygen atoms in total. The van der Waals surface area contributed by atoms with E-state index in [-0.39, 0.29) is 53.3 Å². The van der Waals surface area contributed by atoms with Gasteiger partial charge in [0.15, 0.2) is 28.4 Å². The first kappa shape index (κ1) is 54.7. The Bertz CT molecular complexity index is 3360. The van der Waals surface area contributed by atoms with E-state index in [2.05, 4.69) is 20.9 Å². The second kappa shape index (κ2) is 24.9. The summed E-state index contributed by atoms with van der Waals surface area (Å²) in [6.45, 7) is 3.96. The van der Waals surface area contributed by atoms with Gasteiger partial charge in [0.25, 0.3) is 11.8 Å². The van der Waals surface area contributed by atoms with Crippen molar-refractivity contribution in [1.29, 1.82) is 0 Å². The Morgan fingerprint density at radius 3 is 1.88 bits per heavy atom. The summed E-state index contributed by atoms with van der Waals surface area (Å²) in [7, 11) is 0.749. The largest absolute Gasteiger partial charge is 0.448 e. The van der Waals surface area contributed by atoms with Crippen molar-refractivity contribution < 1.29 is 37.6 Å². The Balaban J connectivity index is 1.02. The van der Waals surface area contributed by atoms with E-state index in [1.54, 1.807) is 19.2 Å². The van der Waals surface area contributed by atoms with Crippen molar-refractivity contribution in [2.75, 3.05) is 31.4 Å². The molecule has 400 valence electrons. The summed E-state index contributed by atoms with van der Waals surface area (Å²) in [5, 5.41) is 17.3. The van der Waals surface area contributed by atoms with Crippen molar-refractivity contribution in [2.24, 2.45) is 12.2 Å². The van der Waals surface area contributed by atoms with Gasteiger partial charge in [-0.15, -0.1) is 16.4 Å². The molecule has 7 aromatic rings. The molecule has 0 aliphatic carbocycles. The van der Waals surface area contributed by atoms with Gasteiger partial charge in [-0.25, -0.2) is 14.5 Å². The molecule has 3 unspecified atom stereocenters. The molecule has 4 heterocycles. The molecule has 9 rings (SSSR count). The average molecular weight is 1110 g/mol. The van der Waals surface area contributed by atoms with Crippen LogP contribution in [0.4, 0.5) is 5.13 Å². The number of benzene rings is 5. The quantitative estimate of drug-likeness (QED) is 0.0104. The predicted octanol–water partition coefficient (Wildman–Crippen LogP) is 6.86. The molecule has 0 spiro atoms. The first-order chi connectivity index (χ1) is 38.0. The summed E-state index contributed by atoms with van der Waals surface area (Å²) >= 11 is 2.17. The highest BCUT2D eigenvalue weighted by atomic mass is 32.2. The first-order valence-electron chi connectivity index (χ1n) is 24.8. The highest BCUT2D eigenvalue weighted by Crippen LogP contribution is 2.42. The van der Waals surface area contributed by atoms with Gasteiger partial charge in [-0.2, -0.15) is 0 Å². The zero-order valence-corrected chi connectivity index (χ0v) is 45.2. The predicted molar refractivity (Wildman–Crippen MR) is 298 cm³/mol. The molecule has 2 aromatic heterocycles. The van der Waals surface area contributed by atoms with Gasteiger partial charge in [0.2, 0.25) is 0 Å². The van der Waals surface area contributed by atoms with E-state index in [4.69, 9.17) is 24.0 Å². The minimum absolute atomic E-state index is 0.0950. The summed E-state index contributed by atoms with van der Waals surface area (Å²) in [4.78, 5) is 81.1. The van der Waals surface area contributed by atoms with Crippen LogP contribution in [0.2, 0.25) is 0 Å². The Kier molecular flexibility index (Phi) is 17.5. The molecule has 5 aromatic carbocycles. The first-order valence-corrected chi connectivity index (χ1v) is 27.9. The number of esters is 1. The number of β-lactam (4-membered cyclic amide) rings is 1. The third kappa shape index (κ3) is 11.5. The molecular weight excluding hydrogens is 1050 g/mol. The molecule has 0 saturated carbocycles. The fourth-order valence-corrected chi connectivity index (χ4v) is 12.3. The van der Waals surface area contributed by atoms with Gasteiger partial charge in [0.05, 0.1) is 23.1 Å². The van der Waals surface area contributed by atoms with Gasteiger partial charge in [0, 0.05) is 25.6 Å². The monoisotopic (exact) mass is 1110 g/mol. The Labute approximate surface area is 459 Å². The maximum atomic E-state index is 14.8. The molecule has 2 aliphatic heterocycles. The molecule has 0 bridgehead atoms. The zero-order chi connectivity index (χ0) is 54.8. The number of carbonyl (C=O) groups is 3. The van der Waals surface area contributed by atoms with Crippen LogP contribution in [-0.4, -0.2) is 95.7 Å². The van der Waals surface area contributed by atoms with Crippen molar-refractivity contribution >= 4 is 62.5 Å². The van der Waals surface area contributed by atoms with Gasteiger partial charge < -0.3 is 29.7 Å². The standard InChI is InChI=1S/C57H54N8O10S3/c1-5-73-44(74-6-2)34-64-52(69)51(68)63(3)56(61-64)76-33-32-39-36-78(71)53-46(50(67)65(53)47(39)54(70)75-48(37-22-12-7-13-23-37)38-24-14-8-15-25-38)59-49(66)45(62-72-4)43-35-77-55(58-43)60-57(40-26-16-9-17-27-40,41-28-18-10-19-29-41)42-30-20-11-21-31-42/h7-33,35,44,46,48,53H,5-6,34,36H2,1-4H3,(H,58,60)(H,59,66)/b33-32+,62-45+. The zero-order valence-electron chi connectivity index (χ0n) is 42.8. The fraction of sp³-hybridized carbons (Fsp3) is 0.228. The number of amides is 2. The van der Waals surface area contributed by atoms with E-state index in [0.717, 1.165) is 42.6 Å². The number of fused-ring (bicyclic) bond motifs is 1. The smallest absolute Gasteiger partial charge is 0.356 e. The number of thioether (sulfide) groups is 1. The van der Waals surface area contributed by atoms with E-state index in [9.17, 15) is 28.2 Å². The summed E-state index contributed by atoms with van der Waals surface area (Å²) in [6, 6.07) is 46.6. The fourth-order valence-electron chi connectivity index (χ4n) is 9.18. The van der Waals surface area contributed by atoms with Crippen molar-refractivity contribution in [3.05, 3.63) is 234 Å². The van der Waals surface area contributed by atoms with Crippen LogP contribution in [0.15, 0.2) is 200 Å². The van der Waals surface area contributed by atoms with Gasteiger partial charge in [0.1, 0.15) is 35.5 Å². The average Bonchev–Trinajstić information content (AvgIpc) is 4.08. The molecule has 2 amide bonds. The van der Waals surface area contributed by atoms with E-state index in [1.165, 1.54) is 37.0 Å². The summed E-state index contributed by atoms with van der Waals surface area (Å²) in [5.41, 5.74) is 1.23. The lowest BCUT2D eigenvalue weighted by molar-refractivity contribution is -0.154. The van der Waals surface area contributed by atoms with Gasteiger partial charge >= 0.3 is 17.1 Å². The Morgan fingerprint density at radius 2 is 1.36 bits per heavy atom. The number of nitrogens with one attached hydrogen (secondary N) is 2. The van der Waals surface area contributed by atoms with Crippen molar-refractivity contribution in [1.82, 2.24) is 29.5 Å². The van der Waals surface area contributed by atoms with Crippen LogP contribution in [0.5, 0.6) is 0 Å². The van der Waals surface area contributed by atoms with Crippen LogP contribution < -0.4 is 21.8 Å². The van der Waals surface area contributed by atoms with Crippen molar-refractivity contribution in [3.8, 4) is 0 Å². The number of allylic oxidation sites excluding steroid dienone is 1. The van der Waals surface area contributed by atoms with E-state index in [0.29, 0.717) is 16.3 Å². The summed E-state index contributed by atoms with van der Waals surface area (Å²) in [5.74, 6) is -2.75. The number of aromatic nitrogens is 4. The molecule has 3 atom stereocenters. The molecule has 21 heteroatoms. The van der Waals surface area contributed by atoms with Crippen LogP contribution in [-0.2, 0) is 63.4 Å². The molecule has 0 radical (unpaired) electrons. The maximum absolute atomic E-state index is 14.8. The number of hydrogen-bond donors (Lipinski definition) is 2. The van der Waals surface area contributed by atoms with E-state index >= 15 is 0 Å². The van der Waals surface area contributed by atoms with Gasteiger partial charge in [-0.1, -0.05) is 169 Å². The van der Waals surface area contributed by atoms with Crippen molar-refractivity contribution in [3.63, 3.8) is 0 Å². The number of thiazole rings is 1. The minimum atomic E-state index is -1.92. The number of carbonyl (C=O) groups excluding carboxylic acids is 3. The molecular formula is C57H54N8O10S3. The number of oxime groups is 1. The van der Waals surface area contributed by atoms with E-state index in [1.807, 2.05) is 152 Å². The Hall–Kier alpha value is -8.08. The van der Waals surface area contributed by atoms with Gasteiger partial charge in [-0.3, -0.25) is 32.9 Å². The minimum Gasteiger partial charge on any atom is -0.448 e. The number of ether oxygens (including phenoxy) is 3. The Morgan fingerprint density at radius 1 is 0.821 bits per heavy atom. The van der Waals surface area contributed by atoms with Crippen LogP contribution in [0, 0.1) is 0 Å². The summed E-state index contributed by atoms with van der Waals surface area (Å²) in [6.07, 6.45) is -0.287. The number of anilines is 1. The number of rotatable bonds is 22. The highest BCUT2D eigenvalue weighted by molar-refractivity contribution is 8.02.